The van der Waals surface area contributed by atoms with E-state index in [2.05, 4.69) is 0 Å². The number of ether oxygens (including phenoxy) is 1. The van der Waals surface area contributed by atoms with Crippen LogP contribution in [-0.2, 0) is 11.3 Å². The number of benzene rings is 2. The van der Waals surface area contributed by atoms with E-state index in [1.807, 2.05) is 0 Å². The van der Waals surface area contributed by atoms with E-state index in [1.54, 1.807) is 18.2 Å². The zero-order valence-electron chi connectivity index (χ0n) is 10.2. The van der Waals surface area contributed by atoms with Crippen molar-refractivity contribution in [2.24, 2.45) is 0 Å². The van der Waals surface area contributed by atoms with Gasteiger partial charge in [-0.2, -0.15) is 0 Å². The number of rotatable bonds is 3. The summed E-state index contributed by atoms with van der Waals surface area (Å²) in [5.74, 6) is -1.21. The molecule has 2 rings (SSSR count). The van der Waals surface area contributed by atoms with Crippen LogP contribution in [0.5, 0.6) is 0 Å². The van der Waals surface area contributed by atoms with E-state index in [1.165, 1.54) is 18.2 Å². The molecule has 0 aliphatic rings. The minimum Gasteiger partial charge on any atom is -0.457 e. The Morgan fingerprint density at radius 3 is 2.65 bits per heavy atom. The van der Waals surface area contributed by atoms with Crippen molar-refractivity contribution >= 4 is 34.9 Å². The fourth-order valence-electron chi connectivity index (χ4n) is 1.60. The topological polar surface area (TPSA) is 52.3 Å². The fraction of sp³-hybridized carbons (Fsp3) is 0.0714. The maximum absolute atomic E-state index is 13.2. The maximum Gasteiger partial charge on any atom is 0.340 e. The lowest BCUT2D eigenvalue weighted by Crippen LogP contribution is -2.09. The normalized spacial score (nSPS) is 10.3. The minimum atomic E-state index is -0.648. The Morgan fingerprint density at radius 1 is 1.20 bits per heavy atom. The summed E-state index contributed by atoms with van der Waals surface area (Å²) in [4.78, 5) is 11.9. The summed E-state index contributed by atoms with van der Waals surface area (Å²) in [6.07, 6.45) is 0. The van der Waals surface area contributed by atoms with Crippen LogP contribution in [0, 0.1) is 5.82 Å². The van der Waals surface area contributed by atoms with Gasteiger partial charge in [0, 0.05) is 5.56 Å². The highest BCUT2D eigenvalue weighted by Gasteiger charge is 2.14. The number of nitrogen functional groups attached to an aromatic ring is 1. The van der Waals surface area contributed by atoms with Gasteiger partial charge in [-0.1, -0.05) is 41.4 Å². The molecule has 6 heteroatoms. The van der Waals surface area contributed by atoms with Gasteiger partial charge in [0.15, 0.2) is 0 Å². The Bertz CT molecular complexity index is 662. The molecule has 3 nitrogen and oxygen atoms in total. The maximum atomic E-state index is 13.2. The summed E-state index contributed by atoms with van der Waals surface area (Å²) < 4.78 is 18.3. The molecule has 0 unspecified atom stereocenters. The van der Waals surface area contributed by atoms with Crippen LogP contribution in [0.15, 0.2) is 36.4 Å². The predicted octanol–water partition coefficient (Wildman–Crippen LogP) is 4.07. The molecule has 0 aromatic heterocycles. The Balaban J connectivity index is 2.13. The Hall–Kier alpha value is -1.78. The molecule has 0 heterocycles. The number of halogens is 3. The van der Waals surface area contributed by atoms with E-state index in [0.29, 0.717) is 5.56 Å². The molecular formula is C14H10Cl2FNO2. The van der Waals surface area contributed by atoms with E-state index >= 15 is 0 Å². The van der Waals surface area contributed by atoms with Crippen molar-refractivity contribution in [3.05, 3.63) is 63.4 Å². The van der Waals surface area contributed by atoms with E-state index in [0.717, 1.165) is 0 Å². The first kappa shape index (κ1) is 14.6. The second-order valence-corrected chi connectivity index (χ2v) is 4.78. The first-order valence-corrected chi connectivity index (χ1v) is 6.40. The Morgan fingerprint density at radius 2 is 1.90 bits per heavy atom. The third kappa shape index (κ3) is 3.03. The summed E-state index contributed by atoms with van der Waals surface area (Å²) in [6.45, 7) is -0.151. The minimum absolute atomic E-state index is 0.0700. The zero-order chi connectivity index (χ0) is 14.7. The predicted molar refractivity (Wildman–Crippen MR) is 76.4 cm³/mol. The highest BCUT2D eigenvalue weighted by molar-refractivity contribution is 6.33. The number of hydrogen-bond acceptors (Lipinski definition) is 3. The lowest BCUT2D eigenvalue weighted by molar-refractivity contribution is 0.0474. The SMILES string of the molecule is Nc1c(Cl)cccc1C(=O)OCc1cccc(F)c1Cl. The number of para-hydroxylation sites is 1. The van der Waals surface area contributed by atoms with Crippen LogP contribution in [0.1, 0.15) is 15.9 Å². The van der Waals surface area contributed by atoms with E-state index in [-0.39, 0.29) is 27.9 Å². The molecule has 0 aliphatic carbocycles. The van der Waals surface area contributed by atoms with Gasteiger partial charge in [0.25, 0.3) is 0 Å². The lowest BCUT2D eigenvalue weighted by atomic mass is 10.2. The molecule has 0 spiro atoms. The van der Waals surface area contributed by atoms with Crippen LogP contribution in [-0.4, -0.2) is 5.97 Å². The second kappa shape index (κ2) is 6.11. The second-order valence-electron chi connectivity index (χ2n) is 3.99. The van der Waals surface area contributed by atoms with E-state index in [4.69, 9.17) is 33.7 Å². The van der Waals surface area contributed by atoms with Crippen molar-refractivity contribution in [2.45, 2.75) is 6.61 Å². The molecule has 0 fully saturated rings. The van der Waals surface area contributed by atoms with Crippen molar-refractivity contribution in [3.63, 3.8) is 0 Å². The number of anilines is 1. The third-order valence-electron chi connectivity index (χ3n) is 2.66. The summed E-state index contributed by atoms with van der Waals surface area (Å²) in [6, 6.07) is 8.93. The molecule has 0 bridgehead atoms. The average molecular weight is 314 g/mol. The van der Waals surface area contributed by atoms with Gasteiger partial charge in [-0.15, -0.1) is 0 Å². The van der Waals surface area contributed by atoms with Crippen LogP contribution < -0.4 is 5.73 Å². The first-order chi connectivity index (χ1) is 9.50. The summed E-state index contributed by atoms with van der Waals surface area (Å²) >= 11 is 11.6. The summed E-state index contributed by atoms with van der Waals surface area (Å²) in [7, 11) is 0. The zero-order valence-corrected chi connectivity index (χ0v) is 11.7. The Kier molecular flexibility index (Phi) is 4.47. The van der Waals surface area contributed by atoms with Gasteiger partial charge < -0.3 is 10.5 Å². The van der Waals surface area contributed by atoms with Crippen molar-refractivity contribution in [1.82, 2.24) is 0 Å². The quantitative estimate of drug-likeness (QED) is 0.686. The molecule has 0 amide bonds. The molecule has 0 saturated carbocycles. The van der Waals surface area contributed by atoms with Gasteiger partial charge >= 0.3 is 5.97 Å². The number of carbonyl (C=O) groups excluding carboxylic acids is 1. The van der Waals surface area contributed by atoms with Gasteiger partial charge in [-0.3, -0.25) is 0 Å². The first-order valence-electron chi connectivity index (χ1n) is 5.64. The van der Waals surface area contributed by atoms with Crippen LogP contribution in [0.2, 0.25) is 10.0 Å². The summed E-state index contributed by atoms with van der Waals surface area (Å²) in [5.41, 5.74) is 6.36. The van der Waals surface area contributed by atoms with Crippen molar-refractivity contribution in [2.75, 3.05) is 5.73 Å². The molecule has 20 heavy (non-hydrogen) atoms. The van der Waals surface area contributed by atoms with Gasteiger partial charge in [0.1, 0.15) is 12.4 Å². The van der Waals surface area contributed by atoms with Crippen LogP contribution in [0.3, 0.4) is 0 Å². The molecule has 0 atom stereocenters. The lowest BCUT2D eigenvalue weighted by Gasteiger charge is -2.09. The molecule has 2 N–H and O–H groups in total. The number of esters is 1. The van der Waals surface area contributed by atoms with Crippen LogP contribution in [0.25, 0.3) is 0 Å². The van der Waals surface area contributed by atoms with Gasteiger partial charge in [-0.25, -0.2) is 9.18 Å². The number of nitrogens with two attached hydrogens (primary N) is 1. The van der Waals surface area contributed by atoms with Crippen molar-refractivity contribution in [3.8, 4) is 0 Å². The molecule has 0 aliphatic heterocycles. The van der Waals surface area contributed by atoms with Crippen molar-refractivity contribution < 1.29 is 13.9 Å². The molecule has 2 aromatic carbocycles. The van der Waals surface area contributed by atoms with Gasteiger partial charge in [-0.05, 0) is 18.2 Å². The summed E-state index contributed by atoms with van der Waals surface area (Å²) in [5, 5.41) is 0.197. The molecule has 0 radical (unpaired) electrons. The third-order valence-corrected chi connectivity index (χ3v) is 3.42. The molecule has 104 valence electrons. The smallest absolute Gasteiger partial charge is 0.340 e. The molecule has 2 aromatic rings. The standard InChI is InChI=1S/C14H10Cl2FNO2/c15-10-5-2-4-9(13(10)18)14(19)20-7-8-3-1-6-11(17)12(8)16/h1-6H,7,18H2. The largest absolute Gasteiger partial charge is 0.457 e. The Labute approximate surface area is 125 Å². The average Bonchev–Trinajstić information content (AvgIpc) is 2.43. The highest BCUT2D eigenvalue weighted by Crippen LogP contribution is 2.24. The van der Waals surface area contributed by atoms with E-state index in [9.17, 15) is 9.18 Å². The van der Waals surface area contributed by atoms with Gasteiger partial charge in [0.05, 0.1) is 21.3 Å². The van der Waals surface area contributed by atoms with Gasteiger partial charge in [0.2, 0.25) is 0 Å². The van der Waals surface area contributed by atoms with Crippen LogP contribution >= 0.6 is 23.2 Å². The monoisotopic (exact) mass is 313 g/mol. The molecule has 0 saturated heterocycles. The fourth-order valence-corrected chi connectivity index (χ4v) is 1.95. The number of hydrogen-bond donors (Lipinski definition) is 1. The highest BCUT2D eigenvalue weighted by atomic mass is 35.5. The molecular weight excluding hydrogens is 304 g/mol. The van der Waals surface area contributed by atoms with E-state index < -0.39 is 11.8 Å². The van der Waals surface area contributed by atoms with Crippen molar-refractivity contribution in [1.29, 1.82) is 0 Å². The number of carbonyl (C=O) groups is 1. The van der Waals surface area contributed by atoms with Crippen LogP contribution in [0.4, 0.5) is 10.1 Å².